The van der Waals surface area contributed by atoms with Gasteiger partial charge in [-0.15, -0.1) is 12.4 Å². The van der Waals surface area contributed by atoms with Crippen molar-refractivity contribution in [2.75, 3.05) is 6.54 Å². The number of piperidine rings is 1. The summed E-state index contributed by atoms with van der Waals surface area (Å²) < 4.78 is 39.9. The number of hydrogen-bond donors (Lipinski definition) is 2. The van der Waals surface area contributed by atoms with Gasteiger partial charge in [-0.1, -0.05) is 35.7 Å². The number of aliphatic hydroxyl groups excluding tert-OH is 1. The van der Waals surface area contributed by atoms with Crippen molar-refractivity contribution in [2.24, 2.45) is 0 Å². The highest BCUT2D eigenvalue weighted by Crippen LogP contribution is 2.40. The van der Waals surface area contributed by atoms with Crippen LogP contribution in [-0.2, 0) is 6.18 Å². The fourth-order valence-corrected chi connectivity index (χ4v) is 4.30. The summed E-state index contributed by atoms with van der Waals surface area (Å²) in [5, 5.41) is 17.1. The Labute approximate surface area is 182 Å². The van der Waals surface area contributed by atoms with Gasteiger partial charge in [-0.25, -0.2) is 0 Å². The SMILES string of the molecule is Cl.OC(c1cc2cc(Cl)c(Cl)cc2c2cc(C(F)(F)F)ccc12)C1CCCCN1. The first-order valence-electron chi connectivity index (χ1n) is 9.10. The van der Waals surface area contributed by atoms with E-state index >= 15 is 0 Å². The lowest BCUT2D eigenvalue weighted by molar-refractivity contribution is -0.137. The third kappa shape index (κ3) is 4.30. The number of aliphatic hydroxyl groups is 1. The van der Waals surface area contributed by atoms with Crippen LogP contribution in [0.3, 0.4) is 0 Å². The van der Waals surface area contributed by atoms with Gasteiger partial charge in [0.1, 0.15) is 0 Å². The molecule has 0 aliphatic carbocycles. The molecule has 2 atom stereocenters. The van der Waals surface area contributed by atoms with Crippen molar-refractivity contribution in [3.63, 3.8) is 0 Å². The molecule has 1 aliphatic heterocycles. The van der Waals surface area contributed by atoms with Crippen LogP contribution in [0.5, 0.6) is 0 Å². The predicted molar refractivity (Wildman–Crippen MR) is 114 cm³/mol. The molecular formula is C21H19Cl3F3NO. The van der Waals surface area contributed by atoms with Crippen LogP contribution in [0.25, 0.3) is 21.5 Å². The molecule has 1 saturated heterocycles. The van der Waals surface area contributed by atoms with Gasteiger partial charge in [-0.2, -0.15) is 13.2 Å². The Morgan fingerprint density at radius 3 is 2.34 bits per heavy atom. The van der Waals surface area contributed by atoms with Crippen LogP contribution in [0.4, 0.5) is 13.2 Å². The fourth-order valence-electron chi connectivity index (χ4n) is 3.97. The van der Waals surface area contributed by atoms with Gasteiger partial charge in [0, 0.05) is 6.04 Å². The molecule has 2 unspecified atom stereocenters. The lowest BCUT2D eigenvalue weighted by Gasteiger charge is -2.29. The average Bonchev–Trinajstić information content (AvgIpc) is 2.67. The Hall–Kier alpha value is -1.24. The van der Waals surface area contributed by atoms with E-state index in [2.05, 4.69) is 5.32 Å². The third-order valence-corrected chi connectivity index (χ3v) is 6.12. The molecule has 0 radical (unpaired) electrons. The zero-order valence-corrected chi connectivity index (χ0v) is 17.5. The molecular weight excluding hydrogens is 446 g/mol. The number of benzene rings is 3. The summed E-state index contributed by atoms with van der Waals surface area (Å²) in [6, 6.07) is 8.47. The Kier molecular flexibility index (Phi) is 6.56. The maximum Gasteiger partial charge on any atom is 0.416 e. The van der Waals surface area contributed by atoms with Crippen molar-refractivity contribution in [3.05, 3.63) is 57.6 Å². The van der Waals surface area contributed by atoms with Crippen molar-refractivity contribution in [3.8, 4) is 0 Å². The maximum atomic E-state index is 13.3. The first-order chi connectivity index (χ1) is 13.3. The third-order valence-electron chi connectivity index (χ3n) is 5.40. The van der Waals surface area contributed by atoms with E-state index in [9.17, 15) is 18.3 Å². The molecule has 8 heteroatoms. The Morgan fingerprint density at radius 2 is 1.69 bits per heavy atom. The average molecular weight is 465 g/mol. The second-order valence-electron chi connectivity index (χ2n) is 7.21. The summed E-state index contributed by atoms with van der Waals surface area (Å²) >= 11 is 12.3. The monoisotopic (exact) mass is 463 g/mol. The summed E-state index contributed by atoms with van der Waals surface area (Å²) in [4.78, 5) is 0. The number of rotatable bonds is 2. The molecule has 0 spiro atoms. The minimum atomic E-state index is -4.46. The van der Waals surface area contributed by atoms with Gasteiger partial charge in [0.25, 0.3) is 0 Å². The van der Waals surface area contributed by atoms with Crippen molar-refractivity contribution in [1.29, 1.82) is 0 Å². The summed E-state index contributed by atoms with van der Waals surface area (Å²) in [7, 11) is 0. The van der Waals surface area contributed by atoms with Crippen LogP contribution >= 0.6 is 35.6 Å². The summed E-state index contributed by atoms with van der Waals surface area (Å²) in [5.41, 5.74) is -0.149. The van der Waals surface area contributed by atoms with E-state index in [0.29, 0.717) is 32.1 Å². The minimum absolute atomic E-state index is 0. The van der Waals surface area contributed by atoms with E-state index in [1.807, 2.05) is 0 Å². The molecule has 0 bridgehead atoms. The largest absolute Gasteiger partial charge is 0.416 e. The van der Waals surface area contributed by atoms with Gasteiger partial charge >= 0.3 is 6.18 Å². The highest BCUT2D eigenvalue weighted by Gasteiger charge is 2.31. The normalized spacial score (nSPS) is 18.6. The van der Waals surface area contributed by atoms with Crippen LogP contribution < -0.4 is 5.32 Å². The molecule has 0 amide bonds. The Bertz CT molecular complexity index is 1050. The number of halogens is 6. The van der Waals surface area contributed by atoms with E-state index < -0.39 is 17.8 Å². The van der Waals surface area contributed by atoms with E-state index in [1.165, 1.54) is 6.07 Å². The molecule has 3 aromatic carbocycles. The summed E-state index contributed by atoms with van der Waals surface area (Å²) in [5.74, 6) is 0. The molecule has 2 nitrogen and oxygen atoms in total. The van der Waals surface area contributed by atoms with Crippen LogP contribution in [0.2, 0.25) is 10.0 Å². The lowest BCUT2D eigenvalue weighted by Crippen LogP contribution is -2.38. The molecule has 1 fully saturated rings. The van der Waals surface area contributed by atoms with Crippen LogP contribution in [0, 0.1) is 0 Å². The molecule has 1 aliphatic rings. The minimum Gasteiger partial charge on any atom is -0.387 e. The molecule has 1 heterocycles. The van der Waals surface area contributed by atoms with Crippen LogP contribution in [-0.4, -0.2) is 17.7 Å². The van der Waals surface area contributed by atoms with E-state index in [0.717, 1.165) is 37.9 Å². The van der Waals surface area contributed by atoms with E-state index in [4.69, 9.17) is 23.2 Å². The van der Waals surface area contributed by atoms with Gasteiger partial charge < -0.3 is 10.4 Å². The Balaban J connectivity index is 0.00000240. The van der Waals surface area contributed by atoms with Gasteiger partial charge in [0.05, 0.1) is 21.7 Å². The van der Waals surface area contributed by atoms with Crippen molar-refractivity contribution in [2.45, 2.75) is 37.6 Å². The van der Waals surface area contributed by atoms with E-state index in [-0.39, 0.29) is 23.5 Å². The quantitative estimate of drug-likeness (QED) is 0.404. The predicted octanol–water partition coefficient (Wildman–Crippen LogP) is 6.92. The smallest absolute Gasteiger partial charge is 0.387 e. The maximum absolute atomic E-state index is 13.3. The van der Waals surface area contributed by atoms with Gasteiger partial charge in [-0.3, -0.25) is 0 Å². The second kappa shape index (κ2) is 8.48. The lowest BCUT2D eigenvalue weighted by atomic mass is 9.88. The first kappa shape index (κ1) is 22.4. The van der Waals surface area contributed by atoms with Crippen LogP contribution in [0.15, 0.2) is 36.4 Å². The number of alkyl halides is 3. The second-order valence-corrected chi connectivity index (χ2v) is 8.03. The van der Waals surface area contributed by atoms with Crippen molar-refractivity contribution < 1.29 is 18.3 Å². The first-order valence-corrected chi connectivity index (χ1v) is 9.85. The molecule has 156 valence electrons. The van der Waals surface area contributed by atoms with Crippen molar-refractivity contribution >= 4 is 57.2 Å². The zero-order valence-electron chi connectivity index (χ0n) is 15.2. The number of nitrogens with one attached hydrogen (secondary N) is 1. The molecule has 0 aromatic heterocycles. The van der Waals surface area contributed by atoms with Crippen molar-refractivity contribution in [1.82, 2.24) is 5.32 Å². The number of fused-ring (bicyclic) bond motifs is 3. The van der Waals surface area contributed by atoms with Gasteiger partial charge in [-0.05, 0) is 76.8 Å². The number of hydrogen-bond acceptors (Lipinski definition) is 2. The zero-order chi connectivity index (χ0) is 20.1. The summed E-state index contributed by atoms with van der Waals surface area (Å²) in [6.07, 6.45) is -2.44. The van der Waals surface area contributed by atoms with Crippen LogP contribution in [0.1, 0.15) is 36.5 Å². The van der Waals surface area contributed by atoms with Gasteiger partial charge in [0.15, 0.2) is 0 Å². The Morgan fingerprint density at radius 1 is 0.966 bits per heavy atom. The standard InChI is InChI=1S/C21H18Cl2F3NO.ClH/c22-17-8-11-7-16(20(28)19-3-1-2-6-27-19)13-5-4-12(21(24,25)26)9-15(13)14(11)10-18(17)23;/h4-5,7-10,19-20,27-28H,1-3,6H2;1H. The van der Waals surface area contributed by atoms with Gasteiger partial charge in [0.2, 0.25) is 0 Å². The molecule has 4 rings (SSSR count). The molecule has 2 N–H and O–H groups in total. The topological polar surface area (TPSA) is 32.3 Å². The molecule has 3 aromatic rings. The highest BCUT2D eigenvalue weighted by atomic mass is 35.5. The fraction of sp³-hybridized carbons (Fsp3) is 0.333. The van der Waals surface area contributed by atoms with E-state index in [1.54, 1.807) is 18.2 Å². The summed E-state index contributed by atoms with van der Waals surface area (Å²) in [6.45, 7) is 0.812. The highest BCUT2D eigenvalue weighted by molar-refractivity contribution is 6.43. The molecule has 29 heavy (non-hydrogen) atoms. The molecule has 0 saturated carbocycles.